The van der Waals surface area contributed by atoms with Crippen molar-refractivity contribution in [2.75, 3.05) is 18.8 Å². The minimum atomic E-state index is -6.00. The molecule has 4 rings (SSSR count). The summed E-state index contributed by atoms with van der Waals surface area (Å²) in [6.45, 7) is 0. The molecule has 0 fully saturated rings. The average Bonchev–Trinajstić information content (AvgIpc) is 2.73. The fourth-order valence-electron chi connectivity index (χ4n) is 2.50. The van der Waals surface area contributed by atoms with Crippen LogP contribution in [0.5, 0.6) is 0 Å². The Hall–Kier alpha value is -1.72. The lowest BCUT2D eigenvalue weighted by Crippen LogP contribution is -2.07. The van der Waals surface area contributed by atoms with E-state index in [1.54, 1.807) is 0 Å². The largest absolute Gasteiger partial charge is 0.673 e. The molecular weight excluding hydrogens is 522 g/mol. The molecule has 0 spiro atoms. The summed E-state index contributed by atoms with van der Waals surface area (Å²) in [5.41, 5.74) is 0. The van der Waals surface area contributed by atoms with Crippen LogP contribution in [0.3, 0.4) is 0 Å². The number of hydrogen-bond acceptors (Lipinski definition) is 1. The van der Waals surface area contributed by atoms with Crippen molar-refractivity contribution >= 4 is 48.1 Å². The summed E-state index contributed by atoms with van der Waals surface area (Å²) in [6, 6.07) is 28.0. The Labute approximate surface area is 204 Å². The molecule has 3 aromatic rings. The van der Waals surface area contributed by atoms with Crippen molar-refractivity contribution in [2.45, 2.75) is 24.5 Å². The first-order chi connectivity index (χ1) is 15.7. The number of benzene rings is 3. The zero-order chi connectivity index (χ0) is 25.9. The molecule has 0 unspecified atom stereocenters. The minimum Gasteiger partial charge on any atom is -0.418 e. The lowest BCUT2D eigenvalue weighted by Gasteiger charge is -2.15. The summed E-state index contributed by atoms with van der Waals surface area (Å²) in [7, 11) is -11.3. The molecule has 1 aliphatic heterocycles. The Bertz CT molecular complexity index is 930. The maximum atomic E-state index is 9.75. The van der Waals surface area contributed by atoms with Crippen LogP contribution in [-0.2, 0) is 21.8 Å². The Morgan fingerprint density at radius 3 is 1.24 bits per heavy atom. The summed E-state index contributed by atoms with van der Waals surface area (Å²) in [6.07, 6.45) is 6.78. The quantitative estimate of drug-likeness (QED) is 0.169. The second kappa shape index (κ2) is 14.0. The average molecular weight is 544 g/mol. The molecule has 0 bridgehead atoms. The van der Waals surface area contributed by atoms with Crippen LogP contribution in [0.15, 0.2) is 103 Å². The second-order valence-electron chi connectivity index (χ2n) is 6.63. The predicted molar refractivity (Wildman–Crippen MR) is 131 cm³/mol. The Balaban J connectivity index is 0.000000260. The van der Waals surface area contributed by atoms with E-state index in [4.69, 9.17) is 0 Å². The summed E-state index contributed by atoms with van der Waals surface area (Å²) in [5.74, 6) is 0. The molecule has 0 saturated carbocycles. The highest BCUT2D eigenvalue weighted by molar-refractivity contribution is 8.03. The van der Waals surface area contributed by atoms with Crippen molar-refractivity contribution in [3.63, 3.8) is 0 Å². The van der Waals surface area contributed by atoms with Gasteiger partial charge < -0.3 is 34.5 Å². The molecule has 186 valence electrons. The van der Waals surface area contributed by atoms with Gasteiger partial charge in [0.25, 0.3) is 0 Å². The van der Waals surface area contributed by atoms with Gasteiger partial charge in [0.1, 0.15) is 18.8 Å². The van der Waals surface area contributed by atoms with Crippen molar-refractivity contribution in [3.8, 4) is 0 Å². The third kappa shape index (κ3) is 13.2. The number of rotatable bonds is 1. The summed E-state index contributed by atoms with van der Waals surface area (Å²) in [5, 5.41) is 0. The molecule has 3 aromatic carbocycles. The van der Waals surface area contributed by atoms with Gasteiger partial charge in [-0.1, -0.05) is 54.2 Å². The third-order valence-corrected chi connectivity index (χ3v) is 8.45. The van der Waals surface area contributed by atoms with Crippen molar-refractivity contribution in [1.29, 1.82) is 0 Å². The van der Waals surface area contributed by atoms with E-state index in [0.717, 1.165) is 0 Å². The maximum Gasteiger partial charge on any atom is 0.673 e. The molecule has 0 N–H and O–H groups in total. The topological polar surface area (TPSA) is 0 Å². The smallest absolute Gasteiger partial charge is 0.418 e. The van der Waals surface area contributed by atoms with E-state index in [1.165, 1.54) is 24.5 Å². The van der Waals surface area contributed by atoms with E-state index >= 15 is 0 Å². The van der Waals surface area contributed by atoms with Gasteiger partial charge in [-0.05, 0) is 36.4 Å². The molecule has 0 saturated heterocycles. The van der Waals surface area contributed by atoms with E-state index in [2.05, 4.69) is 97.6 Å². The third-order valence-electron chi connectivity index (χ3n) is 3.79. The van der Waals surface area contributed by atoms with Gasteiger partial charge in [0, 0.05) is 10.9 Å². The van der Waals surface area contributed by atoms with E-state index in [-0.39, 0.29) is 10.9 Å². The van der Waals surface area contributed by atoms with E-state index in [1.807, 2.05) is 11.8 Å². The van der Waals surface area contributed by atoms with Crippen LogP contribution in [0.4, 0.5) is 34.5 Å². The molecule has 1 heterocycles. The highest BCUT2D eigenvalue weighted by Gasteiger charge is 2.31. The highest BCUT2D eigenvalue weighted by atomic mass is 32.2. The molecule has 0 atom stereocenters. The molecular formula is C21H22B2F8S3. The lowest BCUT2D eigenvalue weighted by molar-refractivity contribution is 0.366. The molecule has 0 amide bonds. The zero-order valence-electron chi connectivity index (χ0n) is 18.4. The number of hydrogen-bond donors (Lipinski definition) is 0. The SMILES string of the molecule is C[S+](C)c1ccccc1.C[S+]1c2ccccc2Sc2ccccc21.F[B-](F)(F)F.F[B-](F)(F)F. The first kappa shape index (κ1) is 30.3. The predicted octanol–water partition coefficient (Wildman–Crippen LogP) is 8.34. The lowest BCUT2D eigenvalue weighted by atomic mass is 10.3. The fraction of sp³-hybridized carbons (Fsp3) is 0.143. The van der Waals surface area contributed by atoms with Crippen molar-refractivity contribution in [2.24, 2.45) is 0 Å². The van der Waals surface area contributed by atoms with E-state index < -0.39 is 14.5 Å². The van der Waals surface area contributed by atoms with Gasteiger partial charge in [0.15, 0.2) is 14.7 Å². The Kier molecular flexibility index (Phi) is 12.5. The molecule has 0 aromatic heterocycles. The van der Waals surface area contributed by atoms with Gasteiger partial charge >= 0.3 is 14.5 Å². The normalized spacial score (nSPS) is 12.6. The summed E-state index contributed by atoms with van der Waals surface area (Å²) in [4.78, 5) is 7.25. The first-order valence-electron chi connectivity index (χ1n) is 9.56. The standard InChI is InChI=1S/C13H11S2.C8H11S.2BF4/c1-15-12-8-4-2-6-10(12)14-11-7-3-5-9-13(11)15;1-9(2)8-6-4-3-5-7-8;2*2-1(3,4)5/h2-9H,1H3;3-7H,1-2H3;;/q2*+1;2*-1. The maximum absolute atomic E-state index is 9.75. The van der Waals surface area contributed by atoms with Crippen LogP contribution >= 0.6 is 11.8 Å². The molecule has 1 aliphatic rings. The molecule has 0 radical (unpaired) electrons. The van der Waals surface area contributed by atoms with E-state index in [0.29, 0.717) is 10.9 Å². The van der Waals surface area contributed by atoms with Gasteiger partial charge in [-0.2, -0.15) is 0 Å². The molecule has 0 nitrogen and oxygen atoms in total. The van der Waals surface area contributed by atoms with Crippen LogP contribution in [0.1, 0.15) is 0 Å². The Morgan fingerprint density at radius 1 is 0.588 bits per heavy atom. The van der Waals surface area contributed by atoms with Gasteiger partial charge in [-0.15, -0.1) is 0 Å². The second-order valence-corrected chi connectivity index (χ2v) is 11.7. The molecule has 0 aliphatic carbocycles. The van der Waals surface area contributed by atoms with Crippen molar-refractivity contribution < 1.29 is 34.5 Å². The summed E-state index contributed by atoms with van der Waals surface area (Å²) >= 11 is 1.89. The van der Waals surface area contributed by atoms with Gasteiger partial charge in [-0.25, -0.2) is 0 Å². The van der Waals surface area contributed by atoms with Crippen LogP contribution in [-0.4, -0.2) is 33.3 Å². The van der Waals surface area contributed by atoms with Crippen LogP contribution in [0.25, 0.3) is 0 Å². The summed E-state index contributed by atoms with van der Waals surface area (Å²) < 4.78 is 78.0. The fourth-order valence-corrected chi connectivity index (χ4v) is 6.62. The van der Waals surface area contributed by atoms with Crippen LogP contribution < -0.4 is 0 Å². The van der Waals surface area contributed by atoms with Gasteiger partial charge in [0.2, 0.25) is 0 Å². The highest BCUT2D eigenvalue weighted by Crippen LogP contribution is 2.44. The monoisotopic (exact) mass is 544 g/mol. The van der Waals surface area contributed by atoms with Crippen LogP contribution in [0, 0.1) is 0 Å². The zero-order valence-corrected chi connectivity index (χ0v) is 20.9. The Morgan fingerprint density at radius 2 is 0.912 bits per heavy atom. The van der Waals surface area contributed by atoms with E-state index in [9.17, 15) is 34.5 Å². The van der Waals surface area contributed by atoms with Gasteiger partial charge in [-0.3, -0.25) is 0 Å². The number of halogens is 8. The van der Waals surface area contributed by atoms with Crippen molar-refractivity contribution in [3.05, 3.63) is 78.9 Å². The molecule has 13 heteroatoms. The van der Waals surface area contributed by atoms with Crippen molar-refractivity contribution in [1.82, 2.24) is 0 Å². The van der Waals surface area contributed by atoms with Crippen LogP contribution in [0.2, 0.25) is 0 Å². The first-order valence-corrected chi connectivity index (χ1v) is 14.0. The van der Waals surface area contributed by atoms with Gasteiger partial charge in [0.05, 0.1) is 20.7 Å². The minimum absolute atomic E-state index is 0.239. The number of fused-ring (bicyclic) bond motifs is 2. The molecule has 34 heavy (non-hydrogen) atoms.